The number of nitrogens with one attached hydrogen (secondary N) is 1. The lowest BCUT2D eigenvalue weighted by Gasteiger charge is -2.36. The Morgan fingerprint density at radius 3 is 1.79 bits per heavy atom. The van der Waals surface area contributed by atoms with Crippen molar-refractivity contribution in [1.82, 2.24) is 20.0 Å². The van der Waals surface area contributed by atoms with Crippen LogP contribution in [0.2, 0.25) is 0 Å². The van der Waals surface area contributed by atoms with E-state index in [1.165, 1.54) is 4.90 Å². The van der Waals surface area contributed by atoms with Crippen LogP contribution in [0.1, 0.15) is 54.9 Å². The van der Waals surface area contributed by atoms with Crippen LogP contribution < -0.4 is 16.8 Å². The summed E-state index contributed by atoms with van der Waals surface area (Å²) in [6.45, 7) is 1.36. The Balaban J connectivity index is 1.79. The number of urea groups is 1. The van der Waals surface area contributed by atoms with Crippen LogP contribution in [0.3, 0.4) is 0 Å². The maximum atomic E-state index is 15.0. The van der Waals surface area contributed by atoms with Crippen molar-refractivity contribution >= 4 is 41.7 Å². The first-order valence-corrected chi connectivity index (χ1v) is 16.6. The van der Waals surface area contributed by atoms with Gasteiger partial charge in [-0.15, -0.1) is 0 Å². The fourth-order valence-corrected chi connectivity index (χ4v) is 6.02. The van der Waals surface area contributed by atoms with Crippen molar-refractivity contribution in [2.24, 2.45) is 16.5 Å². The molecule has 3 aromatic rings. The van der Waals surface area contributed by atoms with Crippen LogP contribution in [0.15, 0.2) is 89.9 Å². The Hall–Kier alpha value is -6.25. The summed E-state index contributed by atoms with van der Waals surface area (Å²) >= 11 is 0. The van der Waals surface area contributed by atoms with Crippen LogP contribution in [0.4, 0.5) is 4.79 Å². The largest absolute Gasteiger partial charge is 0.480 e. The van der Waals surface area contributed by atoms with Gasteiger partial charge >= 0.3 is 18.0 Å². The molecule has 3 aromatic carbocycles. The number of nitrogens with two attached hydrogens (primary N) is 2. The number of hydrogen-bond acceptors (Lipinski definition) is 7. The van der Waals surface area contributed by atoms with Crippen molar-refractivity contribution in [3.8, 4) is 0 Å². The van der Waals surface area contributed by atoms with Crippen LogP contribution in [-0.2, 0) is 37.1 Å². The highest BCUT2D eigenvalue weighted by atomic mass is 16.4. The van der Waals surface area contributed by atoms with Gasteiger partial charge in [-0.1, -0.05) is 84.9 Å². The Labute approximate surface area is 300 Å². The van der Waals surface area contributed by atoms with E-state index >= 15 is 0 Å². The van der Waals surface area contributed by atoms with Crippen molar-refractivity contribution in [1.29, 1.82) is 0 Å². The molecule has 15 nitrogen and oxygen atoms in total. The van der Waals surface area contributed by atoms with E-state index in [0.29, 0.717) is 27.2 Å². The minimum Gasteiger partial charge on any atom is -0.480 e. The minimum absolute atomic E-state index is 0.00630. The molecule has 0 spiro atoms. The Morgan fingerprint density at radius 2 is 1.33 bits per heavy atom. The fraction of sp³-hybridized carbons (Fsp3) is 0.324. The standard InChI is InChI=1S/C37H43N7O8/c1-37(2)34(51)44(36(52)41-37)21-25-17-15-24(16-18-25)20-43(33(50)31(26-10-5-3-6-11-26)27-12-7-4-8-13-27)28(14-9-19-40-35(38)39)32(49)42(22-29(45)46)23-30(47)48/h3-8,10-13,15-18,28,31H,9,14,19-23H2,1-2H3,(H,41,52)(H,45,46)(H,47,48)(H4,38,39,40)/t28-/m1/s1. The van der Waals surface area contributed by atoms with Gasteiger partial charge in [0.25, 0.3) is 5.91 Å². The first-order valence-electron chi connectivity index (χ1n) is 16.6. The zero-order chi connectivity index (χ0) is 38.0. The summed E-state index contributed by atoms with van der Waals surface area (Å²) in [6.07, 6.45) is 0.155. The minimum atomic E-state index is -1.43. The second-order valence-electron chi connectivity index (χ2n) is 12.9. The fourth-order valence-electron chi connectivity index (χ4n) is 6.02. The number of nitrogens with zero attached hydrogens (tertiary/aromatic N) is 4. The number of aliphatic imine (C=N–C) groups is 1. The number of rotatable bonds is 17. The average Bonchev–Trinajstić information content (AvgIpc) is 3.29. The van der Waals surface area contributed by atoms with E-state index in [1.807, 2.05) is 0 Å². The van der Waals surface area contributed by atoms with E-state index in [-0.39, 0.29) is 44.3 Å². The van der Waals surface area contributed by atoms with Gasteiger partial charge in [0, 0.05) is 13.1 Å². The van der Waals surface area contributed by atoms with Gasteiger partial charge in [0.05, 0.1) is 12.5 Å². The van der Waals surface area contributed by atoms with Crippen LogP contribution >= 0.6 is 0 Å². The van der Waals surface area contributed by atoms with E-state index in [9.17, 15) is 39.0 Å². The van der Waals surface area contributed by atoms with Crippen LogP contribution in [0, 0.1) is 0 Å². The van der Waals surface area contributed by atoms with E-state index in [4.69, 9.17) is 11.5 Å². The summed E-state index contributed by atoms with van der Waals surface area (Å²) in [5.41, 5.74) is 12.5. The molecular weight excluding hydrogens is 670 g/mol. The van der Waals surface area contributed by atoms with Crippen LogP contribution in [-0.4, -0.2) is 97.8 Å². The lowest BCUT2D eigenvalue weighted by atomic mass is 9.89. The highest BCUT2D eigenvalue weighted by Gasteiger charge is 2.44. The topological polar surface area (TPSA) is 229 Å². The highest BCUT2D eigenvalue weighted by molar-refractivity contribution is 6.06. The summed E-state index contributed by atoms with van der Waals surface area (Å²) < 4.78 is 0. The van der Waals surface area contributed by atoms with Gasteiger partial charge in [0.15, 0.2) is 5.96 Å². The zero-order valence-electron chi connectivity index (χ0n) is 29.0. The summed E-state index contributed by atoms with van der Waals surface area (Å²) in [4.78, 5) is 85.3. The summed E-state index contributed by atoms with van der Waals surface area (Å²) in [5.74, 6) is -5.68. The van der Waals surface area contributed by atoms with Gasteiger partial charge in [-0.25, -0.2) is 4.79 Å². The van der Waals surface area contributed by atoms with Crippen LogP contribution in [0.5, 0.6) is 0 Å². The molecule has 1 atom stereocenters. The molecule has 52 heavy (non-hydrogen) atoms. The number of carboxylic acid groups (broad SMARTS) is 2. The van der Waals surface area contributed by atoms with E-state index in [1.54, 1.807) is 98.8 Å². The molecule has 0 aliphatic carbocycles. The Morgan fingerprint density at radius 1 is 0.808 bits per heavy atom. The molecule has 0 aromatic heterocycles. The second-order valence-corrected chi connectivity index (χ2v) is 12.9. The molecule has 15 heteroatoms. The Bertz CT molecular complexity index is 1740. The van der Waals surface area contributed by atoms with Crippen molar-refractivity contribution in [3.05, 3.63) is 107 Å². The van der Waals surface area contributed by atoms with Gasteiger partial charge in [0.2, 0.25) is 11.8 Å². The maximum absolute atomic E-state index is 15.0. The third-order valence-corrected chi connectivity index (χ3v) is 8.51. The SMILES string of the molecule is CC1(C)NC(=O)N(Cc2ccc(CN(C(=O)C(c3ccccc3)c3ccccc3)[C@H](CCCN=C(N)N)C(=O)N(CC(=O)O)CC(=O)O)cc2)C1=O. The van der Waals surface area contributed by atoms with Gasteiger partial charge < -0.3 is 36.8 Å². The molecule has 0 unspecified atom stereocenters. The zero-order valence-corrected chi connectivity index (χ0v) is 29.0. The molecule has 1 aliphatic heterocycles. The predicted molar refractivity (Wildman–Crippen MR) is 190 cm³/mol. The summed E-state index contributed by atoms with van der Waals surface area (Å²) in [5, 5.41) is 21.8. The second kappa shape index (κ2) is 17.1. The molecule has 274 valence electrons. The molecule has 1 aliphatic rings. The first kappa shape index (κ1) is 38.6. The van der Waals surface area contributed by atoms with Gasteiger partial charge in [-0.3, -0.25) is 33.9 Å². The van der Waals surface area contributed by atoms with E-state index < -0.39 is 60.4 Å². The smallest absolute Gasteiger partial charge is 0.325 e. The number of imide groups is 1. The molecule has 1 heterocycles. The molecule has 4 rings (SSSR count). The summed E-state index contributed by atoms with van der Waals surface area (Å²) in [7, 11) is 0. The summed E-state index contributed by atoms with van der Waals surface area (Å²) in [6, 6.07) is 22.9. The predicted octanol–water partition coefficient (Wildman–Crippen LogP) is 2.10. The quantitative estimate of drug-likeness (QED) is 0.0592. The molecule has 0 radical (unpaired) electrons. The third kappa shape index (κ3) is 9.93. The number of carboxylic acids is 2. The van der Waals surface area contributed by atoms with E-state index in [0.717, 1.165) is 4.90 Å². The number of guanidine groups is 1. The highest BCUT2D eigenvalue weighted by Crippen LogP contribution is 2.30. The van der Waals surface area contributed by atoms with Gasteiger partial charge in [0.1, 0.15) is 24.7 Å². The number of aliphatic carboxylic acids is 2. The molecule has 7 N–H and O–H groups in total. The number of carbonyl (C=O) groups excluding carboxylic acids is 4. The molecule has 5 amide bonds. The molecule has 1 fully saturated rings. The number of hydrogen-bond donors (Lipinski definition) is 5. The first-order chi connectivity index (χ1) is 24.7. The van der Waals surface area contributed by atoms with Crippen molar-refractivity contribution in [3.63, 3.8) is 0 Å². The molecule has 1 saturated heterocycles. The number of amides is 5. The van der Waals surface area contributed by atoms with Crippen molar-refractivity contribution in [2.75, 3.05) is 19.6 Å². The Kier molecular flexibility index (Phi) is 12.7. The lowest BCUT2D eigenvalue weighted by Crippen LogP contribution is -2.53. The monoisotopic (exact) mass is 713 g/mol. The van der Waals surface area contributed by atoms with Gasteiger partial charge in [-0.2, -0.15) is 0 Å². The maximum Gasteiger partial charge on any atom is 0.325 e. The molecule has 0 saturated carbocycles. The van der Waals surface area contributed by atoms with Crippen molar-refractivity contribution < 1.29 is 39.0 Å². The van der Waals surface area contributed by atoms with Gasteiger partial charge in [-0.05, 0) is 48.9 Å². The molecular formula is C37H43N7O8. The third-order valence-electron chi connectivity index (χ3n) is 8.51. The van der Waals surface area contributed by atoms with E-state index in [2.05, 4.69) is 10.3 Å². The van der Waals surface area contributed by atoms with Crippen LogP contribution in [0.25, 0.3) is 0 Å². The average molecular weight is 714 g/mol. The molecule has 0 bridgehead atoms. The lowest BCUT2D eigenvalue weighted by molar-refractivity contribution is -0.154. The normalized spacial score (nSPS) is 14.0. The number of benzene rings is 3. The van der Waals surface area contributed by atoms with Crippen molar-refractivity contribution in [2.45, 2.75) is 57.3 Å². The number of carbonyl (C=O) groups is 6.